The summed E-state index contributed by atoms with van der Waals surface area (Å²) in [5.41, 5.74) is 1.08. The number of benzene rings is 1. The van der Waals surface area contributed by atoms with Crippen molar-refractivity contribution in [3.8, 4) is 5.75 Å². The summed E-state index contributed by atoms with van der Waals surface area (Å²) in [5, 5.41) is 12.8. The summed E-state index contributed by atoms with van der Waals surface area (Å²) in [6.45, 7) is 3.34. The minimum absolute atomic E-state index is 0.0219. The van der Waals surface area contributed by atoms with Crippen molar-refractivity contribution in [1.29, 1.82) is 0 Å². The predicted octanol–water partition coefficient (Wildman–Crippen LogP) is 2.70. The predicted molar refractivity (Wildman–Crippen MR) is 55.1 cm³/mol. The molecule has 78 valence electrons. The third-order valence-electron chi connectivity index (χ3n) is 2.43. The third-order valence-corrected chi connectivity index (χ3v) is 2.43. The van der Waals surface area contributed by atoms with E-state index in [9.17, 15) is 9.50 Å². The second-order valence-corrected chi connectivity index (χ2v) is 3.41. The van der Waals surface area contributed by atoms with Crippen molar-refractivity contribution in [3.05, 3.63) is 29.3 Å². The maximum atomic E-state index is 13.1. The molecule has 0 aliphatic heterocycles. The molecule has 0 aliphatic rings. The molecule has 2 N–H and O–H groups in total. The number of phenols is 1. The molecule has 14 heavy (non-hydrogen) atoms. The summed E-state index contributed by atoms with van der Waals surface area (Å²) in [6, 6.07) is 5.18. The van der Waals surface area contributed by atoms with Crippen molar-refractivity contribution in [2.24, 2.45) is 0 Å². The van der Waals surface area contributed by atoms with Gasteiger partial charge in [0.05, 0.1) is 0 Å². The van der Waals surface area contributed by atoms with Gasteiger partial charge in [-0.3, -0.25) is 0 Å². The average molecular weight is 197 g/mol. The molecule has 2 unspecified atom stereocenters. The summed E-state index contributed by atoms with van der Waals surface area (Å²) in [6.07, 6.45) is -1.14. The van der Waals surface area contributed by atoms with E-state index in [0.29, 0.717) is 5.56 Å². The van der Waals surface area contributed by atoms with Gasteiger partial charge >= 0.3 is 0 Å². The fourth-order valence-corrected chi connectivity index (χ4v) is 1.41. The number of phenolic OH excluding ortho intramolecular Hbond substituents is 1. The second kappa shape index (κ2) is 4.42. The van der Waals surface area contributed by atoms with Gasteiger partial charge in [0.15, 0.2) is 0 Å². The molecule has 2 atom stereocenters. The van der Waals surface area contributed by atoms with E-state index < -0.39 is 6.17 Å². The van der Waals surface area contributed by atoms with Crippen molar-refractivity contribution >= 4 is 0 Å². The van der Waals surface area contributed by atoms with Gasteiger partial charge in [-0.2, -0.15) is 0 Å². The van der Waals surface area contributed by atoms with Gasteiger partial charge in [0.2, 0.25) is 0 Å². The van der Waals surface area contributed by atoms with Gasteiger partial charge in [-0.1, -0.05) is 18.2 Å². The first kappa shape index (κ1) is 11.0. The van der Waals surface area contributed by atoms with E-state index in [0.717, 1.165) is 5.56 Å². The monoisotopic (exact) mass is 197 g/mol. The van der Waals surface area contributed by atoms with Crippen LogP contribution in [0, 0.1) is 0 Å². The zero-order chi connectivity index (χ0) is 10.7. The molecule has 1 rings (SSSR count). The molecule has 1 aromatic rings. The topological polar surface area (TPSA) is 32.3 Å². The lowest BCUT2D eigenvalue weighted by molar-refractivity contribution is 0.353. The highest BCUT2D eigenvalue weighted by atomic mass is 19.1. The standard InChI is InChI=1S/C11H16FNO/c1-7(12)9-5-4-6-10(11(9)14)8(2)13-3/h4-8,13-14H,1-3H3. The van der Waals surface area contributed by atoms with Crippen molar-refractivity contribution in [3.63, 3.8) is 0 Å². The highest BCUT2D eigenvalue weighted by molar-refractivity contribution is 5.43. The number of hydrogen-bond acceptors (Lipinski definition) is 2. The summed E-state index contributed by atoms with van der Waals surface area (Å²) in [7, 11) is 1.80. The van der Waals surface area contributed by atoms with E-state index in [1.807, 2.05) is 6.92 Å². The maximum Gasteiger partial charge on any atom is 0.126 e. The van der Waals surface area contributed by atoms with E-state index in [1.54, 1.807) is 25.2 Å². The second-order valence-electron chi connectivity index (χ2n) is 3.41. The molecule has 0 spiro atoms. The molecule has 0 aliphatic carbocycles. The molecular formula is C11H16FNO. The summed E-state index contributed by atoms with van der Waals surface area (Å²) in [4.78, 5) is 0. The molecule has 0 saturated carbocycles. The van der Waals surface area contributed by atoms with Crippen LogP contribution in [-0.2, 0) is 0 Å². The Bertz CT molecular complexity index is 312. The molecule has 0 bridgehead atoms. The van der Waals surface area contributed by atoms with Gasteiger partial charge in [0, 0.05) is 17.2 Å². The van der Waals surface area contributed by atoms with Crippen LogP contribution < -0.4 is 5.32 Å². The van der Waals surface area contributed by atoms with Crippen LogP contribution in [0.4, 0.5) is 4.39 Å². The van der Waals surface area contributed by atoms with Gasteiger partial charge < -0.3 is 10.4 Å². The fraction of sp³-hybridized carbons (Fsp3) is 0.455. The minimum atomic E-state index is -1.14. The van der Waals surface area contributed by atoms with Crippen molar-refractivity contribution in [2.45, 2.75) is 26.1 Å². The van der Waals surface area contributed by atoms with Gasteiger partial charge in [-0.05, 0) is 20.9 Å². The smallest absolute Gasteiger partial charge is 0.126 e. The molecule has 0 heterocycles. The Balaban J connectivity index is 3.13. The molecule has 1 aromatic carbocycles. The Labute approximate surface area is 83.8 Å². The summed E-state index contributed by atoms with van der Waals surface area (Å²) in [5.74, 6) is 0.0596. The van der Waals surface area contributed by atoms with Gasteiger partial charge in [-0.15, -0.1) is 0 Å². The molecule has 2 nitrogen and oxygen atoms in total. The SMILES string of the molecule is CNC(C)c1cccc(C(C)F)c1O. The first-order valence-corrected chi connectivity index (χ1v) is 4.71. The van der Waals surface area contributed by atoms with Crippen LogP contribution in [-0.4, -0.2) is 12.2 Å². The first-order valence-electron chi connectivity index (χ1n) is 4.71. The Hall–Kier alpha value is -1.09. The largest absolute Gasteiger partial charge is 0.507 e. The van der Waals surface area contributed by atoms with Gasteiger partial charge in [-0.25, -0.2) is 4.39 Å². The summed E-state index contributed by atoms with van der Waals surface area (Å²) < 4.78 is 13.1. The van der Waals surface area contributed by atoms with Crippen LogP contribution in [0.1, 0.15) is 37.2 Å². The highest BCUT2D eigenvalue weighted by Crippen LogP contribution is 2.32. The highest BCUT2D eigenvalue weighted by Gasteiger charge is 2.15. The number of para-hydroxylation sites is 1. The number of nitrogens with one attached hydrogen (secondary N) is 1. The molecule has 0 saturated heterocycles. The van der Waals surface area contributed by atoms with E-state index in [4.69, 9.17) is 0 Å². The molecule has 0 aromatic heterocycles. The number of rotatable bonds is 3. The summed E-state index contributed by atoms with van der Waals surface area (Å²) >= 11 is 0. The van der Waals surface area contributed by atoms with Crippen LogP contribution in [0.25, 0.3) is 0 Å². The normalized spacial score (nSPS) is 15.1. The Morgan fingerprint density at radius 2 is 1.86 bits per heavy atom. The lowest BCUT2D eigenvalue weighted by Gasteiger charge is -2.15. The lowest BCUT2D eigenvalue weighted by atomic mass is 10.0. The molecular weight excluding hydrogens is 181 g/mol. The van der Waals surface area contributed by atoms with E-state index in [2.05, 4.69) is 5.32 Å². The number of aromatic hydroxyl groups is 1. The zero-order valence-corrected chi connectivity index (χ0v) is 8.71. The van der Waals surface area contributed by atoms with Crippen LogP contribution in [0.5, 0.6) is 5.75 Å². The van der Waals surface area contributed by atoms with Crippen molar-refractivity contribution < 1.29 is 9.50 Å². The van der Waals surface area contributed by atoms with Crippen molar-refractivity contribution in [1.82, 2.24) is 5.32 Å². The molecule has 0 radical (unpaired) electrons. The fourth-order valence-electron chi connectivity index (χ4n) is 1.41. The number of halogens is 1. The third kappa shape index (κ3) is 2.04. The van der Waals surface area contributed by atoms with Crippen LogP contribution in [0.15, 0.2) is 18.2 Å². The number of alkyl halides is 1. The van der Waals surface area contributed by atoms with E-state index in [-0.39, 0.29) is 11.8 Å². The van der Waals surface area contributed by atoms with E-state index in [1.165, 1.54) is 6.92 Å². The van der Waals surface area contributed by atoms with Crippen LogP contribution >= 0.6 is 0 Å². The quantitative estimate of drug-likeness (QED) is 0.780. The Morgan fingerprint density at radius 3 is 2.36 bits per heavy atom. The molecule has 0 fully saturated rings. The van der Waals surface area contributed by atoms with E-state index >= 15 is 0 Å². The van der Waals surface area contributed by atoms with Crippen LogP contribution in [0.2, 0.25) is 0 Å². The maximum absolute atomic E-state index is 13.1. The first-order chi connectivity index (χ1) is 6.57. The number of hydrogen-bond donors (Lipinski definition) is 2. The van der Waals surface area contributed by atoms with Gasteiger partial charge in [0.1, 0.15) is 11.9 Å². The molecule has 3 heteroatoms. The lowest BCUT2D eigenvalue weighted by Crippen LogP contribution is -2.12. The van der Waals surface area contributed by atoms with Gasteiger partial charge in [0.25, 0.3) is 0 Å². The molecule has 0 amide bonds. The van der Waals surface area contributed by atoms with Crippen LogP contribution in [0.3, 0.4) is 0 Å². The van der Waals surface area contributed by atoms with Crippen molar-refractivity contribution in [2.75, 3.05) is 7.05 Å². The zero-order valence-electron chi connectivity index (χ0n) is 8.71. The minimum Gasteiger partial charge on any atom is -0.507 e. The Morgan fingerprint density at radius 1 is 1.29 bits per heavy atom. The Kier molecular flexibility index (Phi) is 3.47. The average Bonchev–Trinajstić information content (AvgIpc) is 2.16.